The Bertz CT molecular complexity index is 1100. The van der Waals surface area contributed by atoms with Crippen LogP contribution in [-0.4, -0.2) is 26.6 Å². The maximum absolute atomic E-state index is 5.97. The summed E-state index contributed by atoms with van der Waals surface area (Å²) in [5, 5.41) is 0. The predicted octanol–water partition coefficient (Wildman–Crippen LogP) is 4.49. The topological polar surface area (TPSA) is 62.1 Å². The molecule has 0 N–H and O–H groups in total. The molecule has 0 aliphatic carbocycles. The monoisotopic (exact) mass is 374 g/mol. The van der Waals surface area contributed by atoms with Crippen molar-refractivity contribution in [3.8, 4) is 17.4 Å². The first-order valence-corrected chi connectivity index (χ1v) is 9.04. The highest BCUT2D eigenvalue weighted by molar-refractivity contribution is 5.76. The minimum atomic E-state index is -0.145. The second kappa shape index (κ2) is 6.96. The van der Waals surface area contributed by atoms with Crippen LogP contribution < -0.4 is 9.47 Å². The zero-order valence-corrected chi connectivity index (χ0v) is 16.4. The average molecular weight is 374 g/mol. The number of rotatable bonds is 5. The third-order valence-electron chi connectivity index (χ3n) is 5.07. The molecule has 0 saturated carbocycles. The number of methoxy groups -OCH3 is 1. The highest BCUT2D eigenvalue weighted by atomic mass is 16.5. The van der Waals surface area contributed by atoms with Crippen molar-refractivity contribution in [1.29, 1.82) is 0 Å². The van der Waals surface area contributed by atoms with Crippen LogP contribution in [0.15, 0.2) is 61.2 Å². The van der Waals surface area contributed by atoms with Crippen LogP contribution in [0.25, 0.3) is 11.2 Å². The van der Waals surface area contributed by atoms with E-state index in [4.69, 9.17) is 9.47 Å². The molecule has 0 amide bonds. The molecule has 2 aromatic heterocycles. The lowest BCUT2D eigenvalue weighted by Crippen LogP contribution is -2.18. The normalized spacial score (nSPS) is 11.6. The Morgan fingerprint density at radius 2 is 1.43 bits per heavy atom. The zero-order chi connectivity index (χ0) is 19.7. The van der Waals surface area contributed by atoms with Crippen LogP contribution in [0.1, 0.15) is 25.0 Å². The van der Waals surface area contributed by atoms with E-state index in [0.717, 1.165) is 11.4 Å². The highest BCUT2D eigenvalue weighted by Crippen LogP contribution is 2.34. The summed E-state index contributed by atoms with van der Waals surface area (Å²) in [6, 6.07) is 16.2. The van der Waals surface area contributed by atoms with Crippen molar-refractivity contribution in [2.75, 3.05) is 7.11 Å². The van der Waals surface area contributed by atoms with Crippen molar-refractivity contribution < 1.29 is 9.47 Å². The summed E-state index contributed by atoms with van der Waals surface area (Å²) in [4.78, 5) is 12.8. The number of ether oxygens (including phenoxy) is 2. The van der Waals surface area contributed by atoms with E-state index >= 15 is 0 Å². The van der Waals surface area contributed by atoms with E-state index in [1.807, 2.05) is 35.9 Å². The van der Waals surface area contributed by atoms with Gasteiger partial charge in [-0.1, -0.05) is 38.1 Å². The fraction of sp³-hybridized carbons (Fsp3) is 0.227. The van der Waals surface area contributed by atoms with Gasteiger partial charge in [-0.3, -0.25) is 0 Å². The molecule has 6 nitrogen and oxygen atoms in total. The molecule has 0 aliphatic heterocycles. The van der Waals surface area contributed by atoms with Gasteiger partial charge >= 0.3 is 0 Å². The van der Waals surface area contributed by atoms with Crippen LogP contribution in [0.5, 0.6) is 17.4 Å². The van der Waals surface area contributed by atoms with Crippen LogP contribution in [0.2, 0.25) is 0 Å². The molecule has 0 bridgehead atoms. The van der Waals surface area contributed by atoms with Crippen LogP contribution in [0.4, 0.5) is 0 Å². The van der Waals surface area contributed by atoms with Gasteiger partial charge in [0.1, 0.15) is 17.8 Å². The zero-order valence-electron chi connectivity index (χ0n) is 16.4. The lowest BCUT2D eigenvalue weighted by Gasteiger charge is -2.26. The molecular formula is C22H22N4O2. The van der Waals surface area contributed by atoms with E-state index in [0.29, 0.717) is 17.1 Å². The molecule has 0 atom stereocenters. The average Bonchev–Trinajstić information content (AvgIpc) is 3.10. The lowest BCUT2D eigenvalue weighted by atomic mass is 9.78. The third kappa shape index (κ3) is 3.17. The first kappa shape index (κ1) is 18.0. The molecule has 2 heterocycles. The molecule has 4 aromatic rings. The van der Waals surface area contributed by atoms with E-state index in [1.54, 1.807) is 13.4 Å². The van der Waals surface area contributed by atoms with Crippen molar-refractivity contribution in [3.63, 3.8) is 0 Å². The number of hydrogen-bond donors (Lipinski definition) is 0. The summed E-state index contributed by atoms with van der Waals surface area (Å²) in [5.41, 5.74) is 3.65. The number of benzene rings is 2. The summed E-state index contributed by atoms with van der Waals surface area (Å²) in [6.45, 7) is 4.40. The molecule has 4 rings (SSSR count). The van der Waals surface area contributed by atoms with Gasteiger partial charge in [0.15, 0.2) is 11.2 Å². The van der Waals surface area contributed by atoms with Gasteiger partial charge in [-0.05, 0) is 35.4 Å². The first-order valence-electron chi connectivity index (χ1n) is 9.04. The Kier molecular flexibility index (Phi) is 4.47. The molecule has 0 unspecified atom stereocenters. The summed E-state index contributed by atoms with van der Waals surface area (Å²) in [6.07, 6.45) is 3.19. The van der Waals surface area contributed by atoms with Gasteiger partial charge in [0.25, 0.3) is 5.88 Å². The maximum atomic E-state index is 5.97. The Labute approximate surface area is 163 Å². The smallest absolute Gasteiger partial charge is 0.250 e. The van der Waals surface area contributed by atoms with Gasteiger partial charge in [0, 0.05) is 12.5 Å². The molecule has 0 saturated heterocycles. The molecule has 28 heavy (non-hydrogen) atoms. The van der Waals surface area contributed by atoms with Crippen LogP contribution in [0, 0.1) is 0 Å². The van der Waals surface area contributed by atoms with Gasteiger partial charge in [-0.2, -0.15) is 4.98 Å². The van der Waals surface area contributed by atoms with Gasteiger partial charge in [0.2, 0.25) is 0 Å². The number of imidazole rings is 1. The van der Waals surface area contributed by atoms with E-state index in [9.17, 15) is 0 Å². The molecule has 0 aliphatic rings. The van der Waals surface area contributed by atoms with E-state index < -0.39 is 0 Å². The summed E-state index contributed by atoms with van der Waals surface area (Å²) in [7, 11) is 3.57. The first-order chi connectivity index (χ1) is 13.5. The molecule has 6 heteroatoms. The minimum Gasteiger partial charge on any atom is -0.497 e. The molecule has 0 spiro atoms. The molecule has 2 aromatic carbocycles. The lowest BCUT2D eigenvalue weighted by molar-refractivity contribution is 0.414. The van der Waals surface area contributed by atoms with Crippen LogP contribution >= 0.6 is 0 Å². The van der Waals surface area contributed by atoms with Crippen molar-refractivity contribution >= 4 is 11.2 Å². The van der Waals surface area contributed by atoms with E-state index in [1.165, 1.54) is 17.5 Å². The van der Waals surface area contributed by atoms with Crippen molar-refractivity contribution in [1.82, 2.24) is 19.5 Å². The Morgan fingerprint density at radius 1 is 0.821 bits per heavy atom. The number of nitrogens with zero attached hydrogens (tertiary/aromatic N) is 4. The van der Waals surface area contributed by atoms with Gasteiger partial charge in [-0.15, -0.1) is 0 Å². The quantitative estimate of drug-likeness (QED) is 0.515. The predicted molar refractivity (Wildman–Crippen MR) is 108 cm³/mol. The Hall–Kier alpha value is -3.41. The van der Waals surface area contributed by atoms with Crippen molar-refractivity contribution in [2.45, 2.75) is 19.3 Å². The van der Waals surface area contributed by atoms with Gasteiger partial charge in [-0.25, -0.2) is 9.97 Å². The maximum Gasteiger partial charge on any atom is 0.250 e. The second-order valence-corrected chi connectivity index (χ2v) is 7.19. The standard InChI is InChI=1S/C22H22N4O2/c1-22(2,15-5-9-17(27-4)10-6-15)16-7-11-18(12-8-16)28-21-19-20(23-13-24-21)26(3)14-25-19/h5-14H,1-4H3. The SMILES string of the molecule is COc1ccc(C(C)(C)c2ccc(Oc3ncnc4c3ncn4C)cc2)cc1. The molecule has 142 valence electrons. The number of hydrogen-bond acceptors (Lipinski definition) is 5. The minimum absolute atomic E-state index is 0.145. The van der Waals surface area contributed by atoms with E-state index in [-0.39, 0.29) is 5.41 Å². The van der Waals surface area contributed by atoms with E-state index in [2.05, 4.69) is 53.1 Å². The van der Waals surface area contributed by atoms with Crippen LogP contribution in [0.3, 0.4) is 0 Å². The Balaban J connectivity index is 1.59. The second-order valence-electron chi connectivity index (χ2n) is 7.19. The summed E-state index contributed by atoms with van der Waals surface area (Å²) < 4.78 is 13.1. The van der Waals surface area contributed by atoms with Crippen LogP contribution in [-0.2, 0) is 12.5 Å². The van der Waals surface area contributed by atoms with Gasteiger partial charge < -0.3 is 14.0 Å². The van der Waals surface area contributed by atoms with Gasteiger partial charge in [0.05, 0.1) is 13.4 Å². The summed E-state index contributed by atoms with van der Waals surface area (Å²) >= 11 is 0. The van der Waals surface area contributed by atoms with Crippen molar-refractivity contribution in [3.05, 3.63) is 72.3 Å². The highest BCUT2D eigenvalue weighted by Gasteiger charge is 2.23. The number of fused-ring (bicyclic) bond motifs is 1. The fourth-order valence-electron chi connectivity index (χ4n) is 3.22. The Morgan fingerprint density at radius 3 is 2.04 bits per heavy atom. The largest absolute Gasteiger partial charge is 0.497 e. The fourth-order valence-corrected chi connectivity index (χ4v) is 3.22. The molecule has 0 fully saturated rings. The molecular weight excluding hydrogens is 352 g/mol. The third-order valence-corrected chi connectivity index (χ3v) is 5.07. The number of aromatic nitrogens is 4. The van der Waals surface area contributed by atoms with Crippen molar-refractivity contribution in [2.24, 2.45) is 7.05 Å². The molecule has 0 radical (unpaired) electrons. The summed E-state index contributed by atoms with van der Waals surface area (Å²) in [5.74, 6) is 2.02. The number of aryl methyl sites for hydroxylation is 1.